The molecule has 3 saturated heterocycles. The first-order chi connectivity index (χ1) is 7.81. The molecule has 3 fully saturated rings. The third-order valence-electron chi connectivity index (χ3n) is 3.06. The van der Waals surface area contributed by atoms with Crippen LogP contribution in [0, 0.1) is 0 Å². The molecule has 0 aromatic heterocycles. The van der Waals surface area contributed by atoms with E-state index in [9.17, 15) is 0 Å². The van der Waals surface area contributed by atoms with Crippen LogP contribution < -0.4 is 0 Å². The van der Waals surface area contributed by atoms with Crippen molar-refractivity contribution in [2.24, 2.45) is 0 Å². The van der Waals surface area contributed by atoms with Gasteiger partial charge in [-0.15, -0.1) is 0 Å². The molecule has 0 aliphatic carbocycles. The van der Waals surface area contributed by atoms with E-state index in [1.165, 1.54) is 0 Å². The van der Waals surface area contributed by atoms with Gasteiger partial charge in [-0.05, 0) is 0 Å². The summed E-state index contributed by atoms with van der Waals surface area (Å²) in [5, 5.41) is 0. The van der Waals surface area contributed by atoms with Crippen LogP contribution in [0.25, 0.3) is 0 Å². The minimum atomic E-state index is -3.21. The predicted octanol–water partition coefficient (Wildman–Crippen LogP) is 0.583. The Bertz CT molecular complexity index is 235. The summed E-state index contributed by atoms with van der Waals surface area (Å²) in [5.74, 6) is 0. The van der Waals surface area contributed by atoms with Gasteiger partial charge in [0.05, 0.1) is 0 Å². The van der Waals surface area contributed by atoms with Crippen molar-refractivity contribution in [3.05, 3.63) is 0 Å². The second-order valence-corrected chi connectivity index (χ2v) is 7.41. The van der Waals surface area contributed by atoms with Gasteiger partial charge in [0.25, 0.3) is 0 Å². The number of hydrogen-bond donors (Lipinski definition) is 0. The molecule has 0 unspecified atom stereocenters. The van der Waals surface area contributed by atoms with E-state index in [1.807, 2.05) is 0 Å². The average Bonchev–Trinajstić information content (AvgIpc) is 2.91. The molecule has 3 rings (SSSR count). The Balaban J connectivity index is 1.73. The van der Waals surface area contributed by atoms with Crippen molar-refractivity contribution in [2.75, 3.05) is 59.0 Å². The molecule has 7 heteroatoms. The third kappa shape index (κ3) is 1.88. The van der Waals surface area contributed by atoms with E-state index in [2.05, 4.69) is 4.90 Å². The molecular formula is C9H18NO5P. The summed E-state index contributed by atoms with van der Waals surface area (Å²) in [6.07, 6.45) is 0.620. The van der Waals surface area contributed by atoms with E-state index >= 15 is 0 Å². The van der Waals surface area contributed by atoms with Crippen molar-refractivity contribution < 1.29 is 22.8 Å². The van der Waals surface area contributed by atoms with Gasteiger partial charge in [-0.1, -0.05) is 0 Å². The Kier molecular flexibility index (Phi) is 2.92. The van der Waals surface area contributed by atoms with Gasteiger partial charge in [0.1, 0.15) is 0 Å². The van der Waals surface area contributed by atoms with Crippen LogP contribution in [0.3, 0.4) is 0 Å². The summed E-state index contributed by atoms with van der Waals surface area (Å²) in [6.45, 7) is 5.57. The van der Waals surface area contributed by atoms with Crippen molar-refractivity contribution in [3.63, 3.8) is 0 Å². The fourth-order valence-electron chi connectivity index (χ4n) is 2.31. The van der Waals surface area contributed by atoms with Gasteiger partial charge in [-0.25, -0.2) is 0 Å². The second-order valence-electron chi connectivity index (χ2n) is 4.17. The molecule has 0 aromatic rings. The fraction of sp³-hybridized carbons (Fsp3) is 1.00. The molecule has 0 atom stereocenters. The van der Waals surface area contributed by atoms with Crippen LogP contribution in [0.5, 0.6) is 0 Å². The Morgan fingerprint density at radius 1 is 0.750 bits per heavy atom. The van der Waals surface area contributed by atoms with E-state index in [1.54, 1.807) is 0 Å². The first-order valence-corrected chi connectivity index (χ1v) is 7.82. The zero-order valence-corrected chi connectivity index (χ0v) is 10.2. The number of hydrogen-bond acceptors (Lipinski definition) is 6. The third-order valence-corrected chi connectivity index (χ3v) is 6.65. The van der Waals surface area contributed by atoms with E-state index in [-0.39, 0.29) is 0 Å². The van der Waals surface area contributed by atoms with Gasteiger partial charge >= 0.3 is 94.3 Å². The number of morpholine rings is 1. The number of ether oxygens (including phenoxy) is 1. The van der Waals surface area contributed by atoms with Gasteiger partial charge in [0.15, 0.2) is 0 Å². The molecule has 1 spiro atoms. The molecule has 3 heterocycles. The molecule has 0 bridgehead atoms. The minimum absolute atomic E-state index is 0.572. The van der Waals surface area contributed by atoms with Crippen LogP contribution in [0.1, 0.15) is 0 Å². The molecule has 0 radical (unpaired) electrons. The van der Waals surface area contributed by atoms with Crippen molar-refractivity contribution in [1.82, 2.24) is 4.90 Å². The molecule has 94 valence electrons. The molecule has 3 aliphatic rings. The van der Waals surface area contributed by atoms with Crippen molar-refractivity contribution in [1.29, 1.82) is 0 Å². The molecule has 16 heavy (non-hydrogen) atoms. The molecule has 0 N–H and O–H groups in total. The van der Waals surface area contributed by atoms with Crippen LogP contribution in [0.4, 0.5) is 0 Å². The predicted molar refractivity (Wildman–Crippen MR) is 58.0 cm³/mol. The maximum atomic E-state index is 5.77. The standard InChI is InChI=1S/C9H18NO5P/c1-3-11-4-2-10(1)9-16(12-5-6-13-16)14-7-8-15-16/h1-9H2. The van der Waals surface area contributed by atoms with Gasteiger partial charge in [0, 0.05) is 0 Å². The van der Waals surface area contributed by atoms with Crippen molar-refractivity contribution >= 4 is 7.51 Å². The van der Waals surface area contributed by atoms with E-state index in [0.717, 1.165) is 26.3 Å². The maximum absolute atomic E-state index is 5.77. The summed E-state index contributed by atoms with van der Waals surface area (Å²) in [5.41, 5.74) is 0. The van der Waals surface area contributed by atoms with Crippen LogP contribution in [-0.4, -0.2) is 63.9 Å². The average molecular weight is 251 g/mol. The Labute approximate surface area is 95.0 Å². The quantitative estimate of drug-likeness (QED) is 0.669. The van der Waals surface area contributed by atoms with Crippen molar-refractivity contribution in [3.8, 4) is 0 Å². The van der Waals surface area contributed by atoms with Crippen LogP contribution >= 0.6 is 7.51 Å². The van der Waals surface area contributed by atoms with E-state index < -0.39 is 7.51 Å². The van der Waals surface area contributed by atoms with Gasteiger partial charge in [-0.2, -0.15) is 0 Å². The summed E-state index contributed by atoms with van der Waals surface area (Å²) in [4.78, 5) is 2.25. The molecule has 6 nitrogen and oxygen atoms in total. The fourth-order valence-corrected chi connectivity index (χ4v) is 5.73. The van der Waals surface area contributed by atoms with E-state index in [0.29, 0.717) is 32.7 Å². The first kappa shape index (κ1) is 11.3. The van der Waals surface area contributed by atoms with Crippen LogP contribution in [0.15, 0.2) is 0 Å². The van der Waals surface area contributed by atoms with E-state index in [4.69, 9.17) is 22.8 Å². The normalized spacial score (nSPS) is 36.1. The van der Waals surface area contributed by atoms with Gasteiger partial charge < -0.3 is 0 Å². The summed E-state index contributed by atoms with van der Waals surface area (Å²) < 4.78 is 28.4. The first-order valence-electron chi connectivity index (χ1n) is 5.73. The van der Waals surface area contributed by atoms with Crippen LogP contribution in [0.2, 0.25) is 0 Å². The van der Waals surface area contributed by atoms with Crippen molar-refractivity contribution in [2.45, 2.75) is 0 Å². The molecule has 0 amide bonds. The summed E-state index contributed by atoms with van der Waals surface area (Å²) in [6, 6.07) is 0. The Morgan fingerprint density at radius 3 is 1.75 bits per heavy atom. The summed E-state index contributed by atoms with van der Waals surface area (Å²) in [7, 11) is -3.21. The Morgan fingerprint density at radius 2 is 1.25 bits per heavy atom. The second kappa shape index (κ2) is 4.14. The number of rotatable bonds is 2. The SMILES string of the molecule is C1CN(CP23(OCCO2)OCCO3)CCO1. The molecule has 0 saturated carbocycles. The topological polar surface area (TPSA) is 49.4 Å². The zero-order chi connectivity index (χ0) is 10.9. The molecular weight excluding hydrogens is 233 g/mol. The van der Waals surface area contributed by atoms with Gasteiger partial charge in [-0.3, -0.25) is 0 Å². The summed E-state index contributed by atoms with van der Waals surface area (Å²) >= 11 is 0. The number of nitrogens with zero attached hydrogens (tertiary/aromatic N) is 1. The molecule has 0 aromatic carbocycles. The molecule has 3 aliphatic heterocycles. The Hall–Kier alpha value is 0.190. The zero-order valence-electron chi connectivity index (χ0n) is 9.30. The van der Waals surface area contributed by atoms with Crippen LogP contribution in [-0.2, 0) is 22.8 Å². The monoisotopic (exact) mass is 251 g/mol. The van der Waals surface area contributed by atoms with Gasteiger partial charge in [0.2, 0.25) is 0 Å².